The molecule has 1 aromatic rings. The van der Waals surface area contributed by atoms with Gasteiger partial charge in [-0.15, -0.1) is 5.73 Å². The van der Waals surface area contributed by atoms with Gasteiger partial charge in [-0.1, -0.05) is 61.2 Å². The molecular formula is C14H12. The number of benzene rings is 1. The molecule has 0 saturated carbocycles. The van der Waals surface area contributed by atoms with Gasteiger partial charge in [0.15, 0.2) is 0 Å². The molecule has 1 aliphatic rings. The average molecular weight is 180 g/mol. The minimum atomic E-state index is 0.318. The second kappa shape index (κ2) is 3.95. The van der Waals surface area contributed by atoms with Crippen LogP contribution in [0.25, 0.3) is 0 Å². The van der Waals surface area contributed by atoms with Crippen LogP contribution in [-0.2, 0) is 0 Å². The maximum atomic E-state index is 3.71. The molecule has 0 heteroatoms. The van der Waals surface area contributed by atoms with Crippen LogP contribution in [-0.4, -0.2) is 0 Å². The summed E-state index contributed by atoms with van der Waals surface area (Å²) in [4.78, 5) is 0. The van der Waals surface area contributed by atoms with Crippen molar-refractivity contribution in [1.82, 2.24) is 0 Å². The topological polar surface area (TPSA) is 0 Å². The van der Waals surface area contributed by atoms with Crippen LogP contribution in [0, 0.1) is 0 Å². The monoisotopic (exact) mass is 180 g/mol. The van der Waals surface area contributed by atoms with E-state index in [1.807, 2.05) is 12.1 Å². The second-order valence-corrected chi connectivity index (χ2v) is 3.26. The van der Waals surface area contributed by atoms with Crippen LogP contribution in [0.3, 0.4) is 0 Å². The molecule has 1 atom stereocenters. The molecule has 1 aliphatic carbocycles. The summed E-state index contributed by atoms with van der Waals surface area (Å²) in [7, 11) is 0. The lowest BCUT2D eigenvalue weighted by Crippen LogP contribution is -1.98. The highest BCUT2D eigenvalue weighted by molar-refractivity contribution is 5.42. The van der Waals surface area contributed by atoms with Gasteiger partial charge >= 0.3 is 0 Å². The van der Waals surface area contributed by atoms with Crippen molar-refractivity contribution >= 4 is 0 Å². The predicted molar refractivity (Wildman–Crippen MR) is 60.1 cm³/mol. The zero-order valence-electron chi connectivity index (χ0n) is 7.98. The van der Waals surface area contributed by atoms with Crippen LogP contribution in [0.2, 0.25) is 0 Å². The van der Waals surface area contributed by atoms with E-state index in [1.165, 1.54) is 5.56 Å². The Morgan fingerprint density at radius 3 is 2.57 bits per heavy atom. The van der Waals surface area contributed by atoms with Gasteiger partial charge in [0.25, 0.3) is 0 Å². The van der Waals surface area contributed by atoms with E-state index in [2.05, 4.69) is 54.8 Å². The first-order chi connectivity index (χ1) is 6.92. The Hall–Kier alpha value is -1.78. The van der Waals surface area contributed by atoms with Crippen molar-refractivity contribution in [3.05, 3.63) is 78.1 Å². The summed E-state index contributed by atoms with van der Waals surface area (Å²) in [5.74, 6) is 0.318. The lowest BCUT2D eigenvalue weighted by molar-refractivity contribution is 1.02. The van der Waals surface area contributed by atoms with Gasteiger partial charge in [0.05, 0.1) is 0 Å². The van der Waals surface area contributed by atoms with E-state index in [0.717, 1.165) is 5.57 Å². The summed E-state index contributed by atoms with van der Waals surface area (Å²) in [6, 6.07) is 10.4. The Morgan fingerprint density at radius 2 is 1.86 bits per heavy atom. The summed E-state index contributed by atoms with van der Waals surface area (Å²) in [6.07, 6.45) is 8.32. The largest absolute Gasteiger partial charge is 0.124 e. The first kappa shape index (κ1) is 8.80. The van der Waals surface area contributed by atoms with Gasteiger partial charge in [0.2, 0.25) is 0 Å². The fourth-order valence-corrected chi connectivity index (χ4v) is 1.66. The molecule has 0 nitrogen and oxygen atoms in total. The first-order valence-corrected chi connectivity index (χ1v) is 4.71. The number of hydrogen-bond donors (Lipinski definition) is 0. The predicted octanol–water partition coefficient (Wildman–Crippen LogP) is 3.61. The van der Waals surface area contributed by atoms with E-state index in [-0.39, 0.29) is 0 Å². The molecule has 0 aliphatic heterocycles. The molecule has 0 heterocycles. The van der Waals surface area contributed by atoms with E-state index in [1.54, 1.807) is 0 Å². The minimum Gasteiger partial charge on any atom is -0.124 e. The summed E-state index contributed by atoms with van der Waals surface area (Å²) in [5, 5.41) is 0. The van der Waals surface area contributed by atoms with Crippen molar-refractivity contribution < 1.29 is 0 Å². The molecule has 0 radical (unpaired) electrons. The Kier molecular flexibility index (Phi) is 2.48. The fourth-order valence-electron chi connectivity index (χ4n) is 1.66. The van der Waals surface area contributed by atoms with Crippen molar-refractivity contribution in [3.63, 3.8) is 0 Å². The third-order valence-corrected chi connectivity index (χ3v) is 2.39. The van der Waals surface area contributed by atoms with Crippen molar-refractivity contribution in [2.45, 2.75) is 5.92 Å². The second-order valence-electron chi connectivity index (χ2n) is 3.26. The third kappa shape index (κ3) is 1.61. The van der Waals surface area contributed by atoms with Crippen LogP contribution in [0.15, 0.2) is 72.5 Å². The van der Waals surface area contributed by atoms with Crippen molar-refractivity contribution in [1.29, 1.82) is 0 Å². The normalized spacial score (nSPS) is 19.4. The van der Waals surface area contributed by atoms with Gasteiger partial charge < -0.3 is 0 Å². The van der Waals surface area contributed by atoms with Crippen LogP contribution < -0.4 is 0 Å². The van der Waals surface area contributed by atoms with E-state index in [0.29, 0.717) is 5.92 Å². The maximum absolute atomic E-state index is 3.71. The summed E-state index contributed by atoms with van der Waals surface area (Å²) < 4.78 is 0. The summed E-state index contributed by atoms with van der Waals surface area (Å²) in [6.45, 7) is 3.71. The Bertz CT molecular complexity index is 415. The molecule has 0 aromatic heterocycles. The molecule has 0 spiro atoms. The lowest BCUT2D eigenvalue weighted by Gasteiger charge is -2.15. The zero-order chi connectivity index (χ0) is 9.80. The number of hydrogen-bond acceptors (Lipinski definition) is 0. The van der Waals surface area contributed by atoms with Crippen LogP contribution in [0.5, 0.6) is 0 Å². The Morgan fingerprint density at radius 1 is 1.07 bits per heavy atom. The molecule has 0 fully saturated rings. The minimum absolute atomic E-state index is 0.318. The molecule has 2 rings (SSSR count). The Balaban J connectivity index is 2.40. The van der Waals surface area contributed by atoms with Gasteiger partial charge in [-0.25, -0.2) is 0 Å². The van der Waals surface area contributed by atoms with E-state index < -0.39 is 0 Å². The molecule has 1 aromatic carbocycles. The van der Waals surface area contributed by atoms with Crippen molar-refractivity contribution in [2.24, 2.45) is 0 Å². The molecule has 14 heavy (non-hydrogen) atoms. The standard InChI is InChI=1S/C14H12/c1-2-12-8-6-7-11-14(12)13-9-4-3-5-10-13/h3-11,14H,1H2. The van der Waals surface area contributed by atoms with Gasteiger partial charge in [0.1, 0.15) is 0 Å². The quantitative estimate of drug-likeness (QED) is 0.579. The Labute approximate surface area is 84.6 Å². The molecule has 0 amide bonds. The van der Waals surface area contributed by atoms with Gasteiger partial charge in [-0.3, -0.25) is 0 Å². The summed E-state index contributed by atoms with van der Waals surface area (Å²) in [5.41, 5.74) is 5.41. The maximum Gasteiger partial charge on any atom is 0.0345 e. The van der Waals surface area contributed by atoms with E-state index >= 15 is 0 Å². The molecule has 0 N–H and O–H groups in total. The lowest BCUT2D eigenvalue weighted by atomic mass is 9.88. The molecule has 1 unspecified atom stereocenters. The summed E-state index contributed by atoms with van der Waals surface area (Å²) >= 11 is 0. The van der Waals surface area contributed by atoms with Crippen molar-refractivity contribution in [3.8, 4) is 0 Å². The highest BCUT2D eigenvalue weighted by atomic mass is 14.1. The van der Waals surface area contributed by atoms with Gasteiger partial charge in [-0.05, 0) is 5.56 Å². The van der Waals surface area contributed by atoms with Gasteiger partial charge in [0, 0.05) is 11.5 Å². The number of allylic oxidation sites excluding steroid dienone is 5. The van der Waals surface area contributed by atoms with E-state index in [4.69, 9.17) is 0 Å². The van der Waals surface area contributed by atoms with Crippen LogP contribution in [0.1, 0.15) is 11.5 Å². The molecule has 0 saturated heterocycles. The highest BCUT2D eigenvalue weighted by Crippen LogP contribution is 2.28. The van der Waals surface area contributed by atoms with Crippen LogP contribution in [0.4, 0.5) is 0 Å². The smallest absolute Gasteiger partial charge is 0.0345 e. The van der Waals surface area contributed by atoms with Gasteiger partial charge in [-0.2, -0.15) is 0 Å². The van der Waals surface area contributed by atoms with E-state index in [9.17, 15) is 0 Å². The zero-order valence-corrected chi connectivity index (χ0v) is 7.98. The molecule has 68 valence electrons. The third-order valence-electron chi connectivity index (χ3n) is 2.39. The molecule has 0 bridgehead atoms. The highest BCUT2D eigenvalue weighted by Gasteiger charge is 2.12. The number of rotatable bonds is 1. The van der Waals surface area contributed by atoms with Crippen molar-refractivity contribution in [2.75, 3.05) is 0 Å². The first-order valence-electron chi connectivity index (χ1n) is 4.71. The van der Waals surface area contributed by atoms with Crippen LogP contribution >= 0.6 is 0 Å². The fraction of sp³-hybridized carbons (Fsp3) is 0.0714. The molecular weight excluding hydrogens is 168 g/mol. The SMILES string of the molecule is C=C=C1C=CC=CC1c1ccccc1. The average Bonchev–Trinajstić information content (AvgIpc) is 2.30.